The standard InChI is InChI=1S/C22H34N4O3/c1-2-23-22(24-11-4-13-29-20-10-14-28-17-20)25-15-18-6-8-19(9-7-18)16-26-12-3-5-21(26)27/h6-9,20H,2-5,10-17H2,1H3,(H2,23,24,25). The van der Waals surface area contributed by atoms with Crippen LogP contribution in [0.3, 0.4) is 0 Å². The molecule has 0 spiro atoms. The van der Waals surface area contributed by atoms with E-state index in [1.54, 1.807) is 0 Å². The van der Waals surface area contributed by atoms with E-state index in [0.717, 1.165) is 70.2 Å². The minimum Gasteiger partial charge on any atom is -0.379 e. The molecular formula is C22H34N4O3. The van der Waals surface area contributed by atoms with E-state index in [4.69, 9.17) is 9.47 Å². The fourth-order valence-corrected chi connectivity index (χ4v) is 3.53. The van der Waals surface area contributed by atoms with Crippen LogP contribution in [-0.2, 0) is 27.4 Å². The van der Waals surface area contributed by atoms with Gasteiger partial charge in [-0.25, -0.2) is 4.99 Å². The molecule has 1 aromatic carbocycles. The maximum Gasteiger partial charge on any atom is 0.222 e. The Morgan fingerprint density at radius 2 is 2.10 bits per heavy atom. The van der Waals surface area contributed by atoms with E-state index in [0.29, 0.717) is 19.5 Å². The summed E-state index contributed by atoms with van der Waals surface area (Å²) in [5.74, 6) is 1.09. The zero-order chi connectivity index (χ0) is 20.3. The summed E-state index contributed by atoms with van der Waals surface area (Å²) >= 11 is 0. The summed E-state index contributed by atoms with van der Waals surface area (Å²) in [7, 11) is 0. The van der Waals surface area contributed by atoms with Crippen molar-refractivity contribution in [3.05, 3.63) is 35.4 Å². The number of hydrogen-bond acceptors (Lipinski definition) is 4. The van der Waals surface area contributed by atoms with Gasteiger partial charge in [-0.1, -0.05) is 24.3 Å². The van der Waals surface area contributed by atoms with Crippen molar-refractivity contribution in [1.29, 1.82) is 0 Å². The smallest absolute Gasteiger partial charge is 0.222 e. The van der Waals surface area contributed by atoms with Crippen molar-refractivity contribution in [2.24, 2.45) is 4.99 Å². The van der Waals surface area contributed by atoms with E-state index in [-0.39, 0.29) is 12.0 Å². The van der Waals surface area contributed by atoms with Crippen LogP contribution in [0.2, 0.25) is 0 Å². The van der Waals surface area contributed by atoms with Crippen molar-refractivity contribution in [2.45, 2.75) is 51.8 Å². The van der Waals surface area contributed by atoms with Gasteiger partial charge in [0.25, 0.3) is 0 Å². The molecule has 1 aromatic rings. The van der Waals surface area contributed by atoms with Crippen LogP contribution in [0.4, 0.5) is 0 Å². The molecule has 2 aliphatic heterocycles. The Bertz CT molecular complexity index is 657. The van der Waals surface area contributed by atoms with Gasteiger partial charge < -0.3 is 25.0 Å². The minimum absolute atomic E-state index is 0.266. The highest BCUT2D eigenvalue weighted by Gasteiger charge is 2.19. The van der Waals surface area contributed by atoms with Gasteiger partial charge in [0.2, 0.25) is 5.91 Å². The molecule has 29 heavy (non-hydrogen) atoms. The van der Waals surface area contributed by atoms with Crippen molar-refractivity contribution in [3.63, 3.8) is 0 Å². The van der Waals surface area contributed by atoms with Crippen molar-refractivity contribution in [2.75, 3.05) is 39.5 Å². The largest absolute Gasteiger partial charge is 0.379 e. The average Bonchev–Trinajstić information content (AvgIpc) is 3.39. The second kappa shape index (κ2) is 11.8. The van der Waals surface area contributed by atoms with Gasteiger partial charge in [0.05, 0.1) is 19.3 Å². The molecule has 0 bridgehead atoms. The number of guanidine groups is 1. The normalized spacial score (nSPS) is 19.8. The first-order chi connectivity index (χ1) is 14.2. The number of carbonyl (C=O) groups is 1. The summed E-state index contributed by atoms with van der Waals surface area (Å²) in [5.41, 5.74) is 2.33. The number of aliphatic imine (C=N–C) groups is 1. The highest BCUT2D eigenvalue weighted by atomic mass is 16.5. The maximum atomic E-state index is 11.8. The third-order valence-electron chi connectivity index (χ3n) is 5.19. The molecule has 160 valence electrons. The van der Waals surface area contributed by atoms with Gasteiger partial charge in [0.15, 0.2) is 5.96 Å². The molecular weight excluding hydrogens is 368 g/mol. The van der Waals surface area contributed by atoms with E-state index in [2.05, 4.69) is 46.8 Å². The summed E-state index contributed by atoms with van der Waals surface area (Å²) in [6.07, 6.45) is 3.87. The predicted octanol–water partition coefficient (Wildman–Crippen LogP) is 2.06. The molecule has 0 radical (unpaired) electrons. The molecule has 0 saturated carbocycles. The molecule has 0 aromatic heterocycles. The van der Waals surface area contributed by atoms with Crippen LogP contribution < -0.4 is 10.6 Å². The van der Waals surface area contributed by atoms with Gasteiger partial charge in [0, 0.05) is 45.8 Å². The van der Waals surface area contributed by atoms with Crippen LogP contribution in [0.25, 0.3) is 0 Å². The SMILES string of the molecule is CCNC(=NCc1ccc(CN2CCCC2=O)cc1)NCCCOC1CCOC1. The number of rotatable bonds is 10. The molecule has 0 aliphatic carbocycles. The Morgan fingerprint density at radius 3 is 2.79 bits per heavy atom. The van der Waals surface area contributed by atoms with Crippen molar-refractivity contribution in [1.82, 2.24) is 15.5 Å². The Morgan fingerprint density at radius 1 is 1.28 bits per heavy atom. The predicted molar refractivity (Wildman–Crippen MR) is 114 cm³/mol. The lowest BCUT2D eigenvalue weighted by atomic mass is 10.1. The van der Waals surface area contributed by atoms with Crippen molar-refractivity contribution in [3.8, 4) is 0 Å². The number of carbonyl (C=O) groups excluding carboxylic acids is 1. The first-order valence-corrected chi connectivity index (χ1v) is 10.8. The van der Waals surface area contributed by atoms with Gasteiger partial charge in [-0.2, -0.15) is 0 Å². The topological polar surface area (TPSA) is 75.2 Å². The second-order valence-electron chi connectivity index (χ2n) is 7.57. The van der Waals surface area contributed by atoms with Gasteiger partial charge >= 0.3 is 0 Å². The Kier molecular flexibility index (Phi) is 8.77. The number of ether oxygens (including phenoxy) is 2. The Balaban J connectivity index is 1.39. The van der Waals surface area contributed by atoms with Crippen LogP contribution in [0.5, 0.6) is 0 Å². The molecule has 3 rings (SSSR count). The van der Waals surface area contributed by atoms with E-state index in [1.807, 2.05) is 4.90 Å². The van der Waals surface area contributed by atoms with Crippen molar-refractivity contribution < 1.29 is 14.3 Å². The Hall–Kier alpha value is -2.12. The summed E-state index contributed by atoms with van der Waals surface area (Å²) < 4.78 is 11.1. The number of amides is 1. The molecule has 2 heterocycles. The first kappa shape index (κ1) is 21.6. The maximum absolute atomic E-state index is 11.8. The quantitative estimate of drug-likeness (QED) is 0.356. The fourth-order valence-electron chi connectivity index (χ4n) is 3.53. The number of hydrogen-bond donors (Lipinski definition) is 2. The number of benzene rings is 1. The van der Waals surface area contributed by atoms with Gasteiger partial charge in [-0.15, -0.1) is 0 Å². The summed E-state index contributed by atoms with van der Waals surface area (Å²) in [5, 5.41) is 6.65. The summed E-state index contributed by atoms with van der Waals surface area (Å²) in [6, 6.07) is 8.39. The molecule has 2 saturated heterocycles. The van der Waals surface area contributed by atoms with Crippen LogP contribution >= 0.6 is 0 Å². The van der Waals surface area contributed by atoms with E-state index >= 15 is 0 Å². The van der Waals surface area contributed by atoms with E-state index < -0.39 is 0 Å². The van der Waals surface area contributed by atoms with Crippen LogP contribution in [0.1, 0.15) is 43.7 Å². The van der Waals surface area contributed by atoms with Crippen LogP contribution in [0.15, 0.2) is 29.3 Å². The molecule has 2 N–H and O–H groups in total. The lowest BCUT2D eigenvalue weighted by Gasteiger charge is -2.15. The molecule has 1 amide bonds. The van der Waals surface area contributed by atoms with Crippen LogP contribution in [-0.4, -0.2) is 62.3 Å². The van der Waals surface area contributed by atoms with Gasteiger partial charge in [-0.3, -0.25) is 4.79 Å². The second-order valence-corrected chi connectivity index (χ2v) is 7.57. The number of nitrogens with one attached hydrogen (secondary N) is 2. The van der Waals surface area contributed by atoms with E-state index in [9.17, 15) is 4.79 Å². The summed E-state index contributed by atoms with van der Waals surface area (Å²) in [6.45, 7) is 8.20. The van der Waals surface area contributed by atoms with E-state index in [1.165, 1.54) is 5.56 Å². The lowest BCUT2D eigenvalue weighted by Crippen LogP contribution is -2.38. The van der Waals surface area contributed by atoms with Gasteiger partial charge in [-0.05, 0) is 37.3 Å². The zero-order valence-corrected chi connectivity index (χ0v) is 17.5. The average molecular weight is 403 g/mol. The molecule has 2 fully saturated rings. The van der Waals surface area contributed by atoms with Crippen LogP contribution in [0, 0.1) is 0 Å². The molecule has 2 aliphatic rings. The minimum atomic E-state index is 0.266. The molecule has 1 unspecified atom stereocenters. The number of nitrogens with zero attached hydrogens (tertiary/aromatic N) is 2. The fraction of sp³-hybridized carbons (Fsp3) is 0.636. The number of likely N-dealkylation sites (tertiary alicyclic amines) is 1. The highest BCUT2D eigenvalue weighted by Crippen LogP contribution is 2.15. The first-order valence-electron chi connectivity index (χ1n) is 10.8. The third-order valence-corrected chi connectivity index (χ3v) is 5.19. The summed E-state index contributed by atoms with van der Waals surface area (Å²) in [4.78, 5) is 18.4. The van der Waals surface area contributed by atoms with Crippen molar-refractivity contribution >= 4 is 11.9 Å². The monoisotopic (exact) mass is 402 g/mol. The molecule has 1 atom stereocenters. The molecule has 7 nitrogen and oxygen atoms in total. The Labute approximate surface area is 173 Å². The van der Waals surface area contributed by atoms with Gasteiger partial charge in [0.1, 0.15) is 0 Å². The lowest BCUT2D eigenvalue weighted by molar-refractivity contribution is -0.128. The highest BCUT2D eigenvalue weighted by molar-refractivity contribution is 5.79. The zero-order valence-electron chi connectivity index (χ0n) is 17.5. The molecule has 7 heteroatoms. The third kappa shape index (κ3) is 7.33.